The fourth-order valence-corrected chi connectivity index (χ4v) is 3.16. The van der Waals surface area contributed by atoms with Gasteiger partial charge in [0.15, 0.2) is 6.61 Å². The average Bonchev–Trinajstić information content (AvgIpc) is 3.15. The highest BCUT2D eigenvalue weighted by Crippen LogP contribution is 2.26. The molecule has 168 valence electrons. The Balaban J connectivity index is 1.52. The molecule has 1 aliphatic heterocycles. The van der Waals surface area contributed by atoms with Gasteiger partial charge < -0.3 is 19.7 Å². The second kappa shape index (κ2) is 10.0. The van der Waals surface area contributed by atoms with Crippen molar-refractivity contribution >= 4 is 35.1 Å². The number of anilines is 2. The van der Waals surface area contributed by atoms with Crippen LogP contribution in [0, 0.1) is 11.7 Å². The number of esters is 2. The average molecular weight is 442 g/mol. The number of hydrogen-bond donors (Lipinski definition) is 1. The molecule has 0 aromatic heterocycles. The Morgan fingerprint density at radius 3 is 2.38 bits per heavy atom. The number of hydrogen-bond acceptors (Lipinski definition) is 6. The maximum atomic E-state index is 12.9. The molecular formula is C23H23FN2O6. The summed E-state index contributed by atoms with van der Waals surface area (Å²) in [4.78, 5) is 50.0. The zero-order valence-electron chi connectivity index (χ0n) is 17.7. The third-order valence-corrected chi connectivity index (χ3v) is 4.69. The lowest BCUT2D eigenvalue weighted by Crippen LogP contribution is -2.28. The van der Waals surface area contributed by atoms with Gasteiger partial charge in [-0.25, -0.2) is 9.18 Å². The summed E-state index contributed by atoms with van der Waals surface area (Å²) in [6, 6.07) is 11.5. The van der Waals surface area contributed by atoms with Crippen LogP contribution in [0.3, 0.4) is 0 Å². The topological polar surface area (TPSA) is 102 Å². The van der Waals surface area contributed by atoms with Gasteiger partial charge in [-0.05, 0) is 62.4 Å². The number of carbonyl (C=O) groups is 4. The van der Waals surface area contributed by atoms with E-state index in [0.29, 0.717) is 16.9 Å². The molecule has 0 spiro atoms. The van der Waals surface area contributed by atoms with Crippen molar-refractivity contribution in [3.05, 3.63) is 59.9 Å². The fourth-order valence-electron chi connectivity index (χ4n) is 3.16. The monoisotopic (exact) mass is 442 g/mol. The molecule has 8 nitrogen and oxygen atoms in total. The number of nitrogens with zero attached hydrogens (tertiary/aromatic N) is 1. The SMILES string of the molecule is CC(C)OC(=O)c1ccc(N2C[C@@H](C(=O)OCC(=O)Nc3ccc(F)cc3)CC2=O)cc1. The van der Waals surface area contributed by atoms with Crippen molar-refractivity contribution in [2.75, 3.05) is 23.4 Å². The van der Waals surface area contributed by atoms with Gasteiger partial charge in [0.1, 0.15) is 5.82 Å². The summed E-state index contributed by atoms with van der Waals surface area (Å²) < 4.78 is 23.1. The quantitative estimate of drug-likeness (QED) is 0.662. The van der Waals surface area contributed by atoms with E-state index in [9.17, 15) is 23.6 Å². The lowest BCUT2D eigenvalue weighted by atomic mass is 10.1. The van der Waals surface area contributed by atoms with E-state index < -0.39 is 36.2 Å². The van der Waals surface area contributed by atoms with Crippen LogP contribution < -0.4 is 10.2 Å². The molecule has 3 rings (SSSR count). The molecule has 2 aromatic carbocycles. The van der Waals surface area contributed by atoms with Gasteiger partial charge >= 0.3 is 11.9 Å². The molecule has 1 aliphatic rings. The second-order valence-corrected chi connectivity index (χ2v) is 7.57. The second-order valence-electron chi connectivity index (χ2n) is 7.57. The number of halogens is 1. The molecule has 0 radical (unpaired) electrons. The van der Waals surface area contributed by atoms with Crippen LogP contribution in [-0.4, -0.2) is 43.0 Å². The van der Waals surface area contributed by atoms with Crippen molar-refractivity contribution in [1.82, 2.24) is 0 Å². The normalized spacial score (nSPS) is 15.6. The highest BCUT2D eigenvalue weighted by molar-refractivity contribution is 6.00. The highest BCUT2D eigenvalue weighted by Gasteiger charge is 2.36. The number of benzene rings is 2. The van der Waals surface area contributed by atoms with Crippen LogP contribution in [0.1, 0.15) is 30.6 Å². The van der Waals surface area contributed by atoms with Gasteiger partial charge in [-0.2, -0.15) is 0 Å². The van der Waals surface area contributed by atoms with E-state index in [1.165, 1.54) is 29.2 Å². The molecule has 0 saturated carbocycles. The predicted molar refractivity (Wildman–Crippen MR) is 113 cm³/mol. The van der Waals surface area contributed by atoms with E-state index >= 15 is 0 Å². The first-order chi connectivity index (χ1) is 15.2. The molecule has 9 heteroatoms. The molecular weight excluding hydrogens is 419 g/mol. The molecule has 0 aliphatic carbocycles. The van der Waals surface area contributed by atoms with E-state index in [4.69, 9.17) is 9.47 Å². The fraction of sp³-hybridized carbons (Fsp3) is 0.304. The van der Waals surface area contributed by atoms with Gasteiger partial charge in [0, 0.05) is 24.3 Å². The third kappa shape index (κ3) is 5.90. The first-order valence-electron chi connectivity index (χ1n) is 10.1. The van der Waals surface area contributed by atoms with E-state index in [0.717, 1.165) is 0 Å². The Bertz CT molecular complexity index is 1000. The molecule has 1 fully saturated rings. The van der Waals surface area contributed by atoms with Crippen molar-refractivity contribution in [2.24, 2.45) is 5.92 Å². The van der Waals surface area contributed by atoms with E-state index in [-0.39, 0.29) is 25.0 Å². The Kier molecular flexibility index (Phi) is 7.19. The number of ether oxygens (including phenoxy) is 2. The molecule has 2 aromatic rings. The minimum absolute atomic E-state index is 0.0461. The first kappa shape index (κ1) is 22.9. The van der Waals surface area contributed by atoms with E-state index in [2.05, 4.69) is 5.32 Å². The van der Waals surface area contributed by atoms with Crippen LogP contribution in [0.4, 0.5) is 15.8 Å². The molecule has 1 atom stereocenters. The lowest BCUT2D eigenvalue weighted by molar-refractivity contribution is -0.151. The first-order valence-corrected chi connectivity index (χ1v) is 10.1. The Morgan fingerprint density at radius 2 is 1.75 bits per heavy atom. The third-order valence-electron chi connectivity index (χ3n) is 4.69. The molecule has 1 saturated heterocycles. The van der Waals surface area contributed by atoms with Crippen LogP contribution in [0.5, 0.6) is 0 Å². The van der Waals surface area contributed by atoms with Crippen molar-refractivity contribution < 1.29 is 33.0 Å². The summed E-state index contributed by atoms with van der Waals surface area (Å²) in [6.45, 7) is 3.09. The number of amides is 2. The van der Waals surface area contributed by atoms with Gasteiger partial charge in [-0.15, -0.1) is 0 Å². The van der Waals surface area contributed by atoms with Crippen LogP contribution in [0.2, 0.25) is 0 Å². The van der Waals surface area contributed by atoms with Gasteiger partial charge in [0.2, 0.25) is 5.91 Å². The van der Waals surface area contributed by atoms with Crippen LogP contribution >= 0.6 is 0 Å². The zero-order valence-corrected chi connectivity index (χ0v) is 17.7. The largest absolute Gasteiger partial charge is 0.459 e. The minimum atomic E-state index is -0.716. The van der Waals surface area contributed by atoms with Crippen LogP contribution in [-0.2, 0) is 23.9 Å². The summed E-state index contributed by atoms with van der Waals surface area (Å²) in [6.07, 6.45) is -0.290. The molecule has 1 N–H and O–H groups in total. The number of carbonyl (C=O) groups excluding carboxylic acids is 4. The van der Waals surface area contributed by atoms with Crippen molar-refractivity contribution in [3.8, 4) is 0 Å². The highest BCUT2D eigenvalue weighted by atomic mass is 19.1. The predicted octanol–water partition coefficient (Wildman–Crippen LogP) is 2.93. The van der Waals surface area contributed by atoms with Gasteiger partial charge in [0.25, 0.3) is 5.91 Å². The summed E-state index contributed by atoms with van der Waals surface area (Å²) in [5.74, 6) is -3.11. The molecule has 0 unspecified atom stereocenters. The standard InChI is InChI=1S/C23H23FN2O6/c1-14(2)32-23(30)15-3-9-19(10-4-15)26-12-16(11-21(26)28)22(29)31-13-20(27)25-18-7-5-17(24)6-8-18/h3-10,14,16H,11-13H2,1-2H3,(H,25,27)/t16-/m0/s1. The van der Waals surface area contributed by atoms with Gasteiger partial charge in [0.05, 0.1) is 17.6 Å². The van der Waals surface area contributed by atoms with Crippen molar-refractivity contribution in [2.45, 2.75) is 26.4 Å². The molecule has 0 bridgehead atoms. The van der Waals surface area contributed by atoms with Gasteiger partial charge in [-0.3, -0.25) is 14.4 Å². The van der Waals surface area contributed by atoms with E-state index in [1.807, 2.05) is 0 Å². The van der Waals surface area contributed by atoms with Crippen LogP contribution in [0.15, 0.2) is 48.5 Å². The smallest absolute Gasteiger partial charge is 0.338 e. The van der Waals surface area contributed by atoms with Crippen molar-refractivity contribution in [1.29, 1.82) is 0 Å². The maximum absolute atomic E-state index is 12.9. The van der Waals surface area contributed by atoms with Gasteiger partial charge in [-0.1, -0.05) is 0 Å². The van der Waals surface area contributed by atoms with E-state index in [1.54, 1.807) is 38.1 Å². The maximum Gasteiger partial charge on any atom is 0.338 e. The Morgan fingerprint density at radius 1 is 1.09 bits per heavy atom. The molecule has 2 amide bonds. The molecule has 32 heavy (non-hydrogen) atoms. The Labute approximate surface area is 184 Å². The summed E-state index contributed by atoms with van der Waals surface area (Å²) in [5, 5.41) is 2.49. The number of nitrogens with one attached hydrogen (secondary N) is 1. The number of rotatable bonds is 7. The Hall–Kier alpha value is -3.75. The van der Waals surface area contributed by atoms with Crippen molar-refractivity contribution in [3.63, 3.8) is 0 Å². The van der Waals surface area contributed by atoms with Crippen LogP contribution in [0.25, 0.3) is 0 Å². The summed E-state index contributed by atoms with van der Waals surface area (Å²) in [7, 11) is 0. The molecule has 1 heterocycles. The minimum Gasteiger partial charge on any atom is -0.459 e. The lowest BCUT2D eigenvalue weighted by Gasteiger charge is -2.17. The summed E-state index contributed by atoms with van der Waals surface area (Å²) >= 11 is 0. The summed E-state index contributed by atoms with van der Waals surface area (Å²) in [5.41, 5.74) is 1.27. The zero-order chi connectivity index (χ0) is 23.3.